The number of ether oxygens (including phenoxy) is 1. The Morgan fingerprint density at radius 3 is 2.85 bits per heavy atom. The molecule has 1 aromatic rings. The highest BCUT2D eigenvalue weighted by Gasteiger charge is 2.40. The first-order valence-corrected chi connectivity index (χ1v) is 7.19. The van der Waals surface area contributed by atoms with Crippen LogP contribution in [-0.4, -0.2) is 31.7 Å². The highest BCUT2D eigenvalue weighted by molar-refractivity contribution is 5.96. The van der Waals surface area contributed by atoms with Gasteiger partial charge < -0.3 is 21.1 Å². The molecule has 2 unspecified atom stereocenters. The zero-order valence-electron chi connectivity index (χ0n) is 11.7. The van der Waals surface area contributed by atoms with Gasteiger partial charge in [0.25, 0.3) is 5.91 Å². The Bertz CT molecular complexity index is 514. The molecule has 1 amide bonds. The SMILES string of the molecule is CNC(=O)c1ccc(N)c(NC2CCOC2C2CC2)c1. The monoisotopic (exact) mass is 275 g/mol. The Labute approximate surface area is 118 Å². The van der Waals surface area contributed by atoms with E-state index >= 15 is 0 Å². The van der Waals surface area contributed by atoms with Crippen molar-refractivity contribution in [1.29, 1.82) is 0 Å². The number of benzene rings is 1. The second-order valence-electron chi connectivity index (χ2n) is 5.59. The molecule has 4 N–H and O–H groups in total. The number of amides is 1. The summed E-state index contributed by atoms with van der Waals surface area (Å²) in [6, 6.07) is 5.62. The zero-order valence-corrected chi connectivity index (χ0v) is 11.7. The summed E-state index contributed by atoms with van der Waals surface area (Å²) >= 11 is 0. The molecular weight excluding hydrogens is 254 g/mol. The number of rotatable bonds is 4. The van der Waals surface area contributed by atoms with Crippen LogP contribution < -0.4 is 16.4 Å². The average molecular weight is 275 g/mol. The Balaban J connectivity index is 1.77. The molecule has 0 aromatic heterocycles. The summed E-state index contributed by atoms with van der Waals surface area (Å²) in [5, 5.41) is 6.10. The fourth-order valence-corrected chi connectivity index (χ4v) is 2.82. The molecule has 1 heterocycles. The van der Waals surface area contributed by atoms with E-state index in [0.717, 1.165) is 18.7 Å². The summed E-state index contributed by atoms with van der Waals surface area (Å²) in [5.74, 6) is 0.591. The summed E-state index contributed by atoms with van der Waals surface area (Å²) in [7, 11) is 1.62. The van der Waals surface area contributed by atoms with Gasteiger partial charge in [0, 0.05) is 19.2 Å². The molecule has 1 saturated heterocycles. The van der Waals surface area contributed by atoms with Crippen LogP contribution in [0, 0.1) is 5.92 Å². The lowest BCUT2D eigenvalue weighted by molar-refractivity contribution is 0.0898. The molecular formula is C15H21N3O2. The van der Waals surface area contributed by atoms with Crippen LogP contribution in [-0.2, 0) is 4.74 Å². The predicted molar refractivity (Wildman–Crippen MR) is 78.7 cm³/mol. The zero-order chi connectivity index (χ0) is 14.1. The Morgan fingerprint density at radius 1 is 1.35 bits per heavy atom. The summed E-state index contributed by atoms with van der Waals surface area (Å²) in [4.78, 5) is 11.7. The minimum Gasteiger partial charge on any atom is -0.397 e. The predicted octanol–water partition coefficient (Wildman–Crippen LogP) is 1.61. The van der Waals surface area contributed by atoms with Crippen molar-refractivity contribution in [3.05, 3.63) is 23.8 Å². The third kappa shape index (κ3) is 2.58. The van der Waals surface area contributed by atoms with E-state index in [-0.39, 0.29) is 12.0 Å². The van der Waals surface area contributed by atoms with Gasteiger partial charge in [-0.1, -0.05) is 0 Å². The van der Waals surface area contributed by atoms with E-state index in [0.29, 0.717) is 23.2 Å². The van der Waals surface area contributed by atoms with E-state index in [1.54, 1.807) is 19.2 Å². The lowest BCUT2D eigenvalue weighted by Gasteiger charge is -2.22. The number of anilines is 2. The highest BCUT2D eigenvalue weighted by Crippen LogP contribution is 2.40. The summed E-state index contributed by atoms with van der Waals surface area (Å²) in [5.41, 5.74) is 8.12. The molecule has 3 rings (SSSR count). The molecule has 0 radical (unpaired) electrons. The Hall–Kier alpha value is -1.75. The lowest BCUT2D eigenvalue weighted by atomic mass is 10.0. The third-order valence-electron chi connectivity index (χ3n) is 4.11. The first-order valence-electron chi connectivity index (χ1n) is 7.19. The van der Waals surface area contributed by atoms with Crippen LogP contribution >= 0.6 is 0 Å². The number of nitrogens with one attached hydrogen (secondary N) is 2. The maximum atomic E-state index is 11.7. The fraction of sp³-hybridized carbons (Fsp3) is 0.533. The molecule has 20 heavy (non-hydrogen) atoms. The molecule has 0 bridgehead atoms. The van der Waals surface area contributed by atoms with E-state index in [9.17, 15) is 4.79 Å². The van der Waals surface area contributed by atoms with Gasteiger partial charge in [0.05, 0.1) is 23.5 Å². The van der Waals surface area contributed by atoms with Crippen LogP contribution in [0.15, 0.2) is 18.2 Å². The van der Waals surface area contributed by atoms with Crippen molar-refractivity contribution >= 4 is 17.3 Å². The molecule has 2 fully saturated rings. The van der Waals surface area contributed by atoms with Gasteiger partial charge in [-0.3, -0.25) is 4.79 Å². The fourth-order valence-electron chi connectivity index (χ4n) is 2.82. The molecule has 1 aliphatic heterocycles. The van der Waals surface area contributed by atoms with Gasteiger partial charge in [0.1, 0.15) is 0 Å². The van der Waals surface area contributed by atoms with E-state index in [1.807, 2.05) is 6.07 Å². The normalized spacial score (nSPS) is 25.4. The largest absolute Gasteiger partial charge is 0.397 e. The van der Waals surface area contributed by atoms with Gasteiger partial charge in [-0.25, -0.2) is 0 Å². The van der Waals surface area contributed by atoms with Crippen LogP contribution in [0.3, 0.4) is 0 Å². The third-order valence-corrected chi connectivity index (χ3v) is 4.11. The number of hydrogen-bond acceptors (Lipinski definition) is 4. The van der Waals surface area contributed by atoms with Gasteiger partial charge in [-0.15, -0.1) is 0 Å². The van der Waals surface area contributed by atoms with Crippen molar-refractivity contribution in [2.45, 2.75) is 31.4 Å². The molecule has 1 aliphatic carbocycles. The van der Waals surface area contributed by atoms with Crippen molar-refractivity contribution in [1.82, 2.24) is 5.32 Å². The lowest BCUT2D eigenvalue weighted by Crippen LogP contribution is -2.31. The molecule has 108 valence electrons. The van der Waals surface area contributed by atoms with Gasteiger partial charge in [0.15, 0.2) is 0 Å². The van der Waals surface area contributed by atoms with Crippen LogP contribution in [0.4, 0.5) is 11.4 Å². The van der Waals surface area contributed by atoms with Crippen LogP contribution in [0.5, 0.6) is 0 Å². The molecule has 5 heteroatoms. The molecule has 2 atom stereocenters. The molecule has 1 aromatic carbocycles. The van der Waals surface area contributed by atoms with Crippen molar-refractivity contribution in [3.63, 3.8) is 0 Å². The van der Waals surface area contributed by atoms with E-state index in [1.165, 1.54) is 12.8 Å². The Morgan fingerprint density at radius 2 is 2.15 bits per heavy atom. The van der Waals surface area contributed by atoms with Crippen molar-refractivity contribution in [2.24, 2.45) is 5.92 Å². The van der Waals surface area contributed by atoms with Gasteiger partial charge in [-0.05, 0) is 43.4 Å². The number of nitrogens with two attached hydrogens (primary N) is 1. The maximum Gasteiger partial charge on any atom is 0.251 e. The smallest absolute Gasteiger partial charge is 0.251 e. The summed E-state index contributed by atoms with van der Waals surface area (Å²) < 4.78 is 5.82. The highest BCUT2D eigenvalue weighted by atomic mass is 16.5. The maximum absolute atomic E-state index is 11.7. The standard InChI is InChI=1S/C15H21N3O2/c1-17-15(19)10-4-5-11(16)13(8-10)18-12-6-7-20-14(12)9-2-3-9/h4-5,8-9,12,14,18H,2-3,6-7,16H2,1H3,(H,17,19). The van der Waals surface area contributed by atoms with Gasteiger partial charge in [-0.2, -0.15) is 0 Å². The topological polar surface area (TPSA) is 76.4 Å². The Kier molecular flexibility index (Phi) is 3.53. The van der Waals surface area contributed by atoms with E-state index < -0.39 is 0 Å². The van der Waals surface area contributed by atoms with Gasteiger partial charge >= 0.3 is 0 Å². The number of carbonyl (C=O) groups is 1. The second-order valence-corrected chi connectivity index (χ2v) is 5.59. The number of nitrogen functional groups attached to an aromatic ring is 1. The van der Waals surface area contributed by atoms with Crippen LogP contribution in [0.2, 0.25) is 0 Å². The van der Waals surface area contributed by atoms with E-state index in [2.05, 4.69) is 10.6 Å². The molecule has 1 saturated carbocycles. The summed E-state index contributed by atoms with van der Waals surface area (Å²) in [6.45, 7) is 0.799. The first kappa shape index (κ1) is 13.2. The van der Waals surface area contributed by atoms with Crippen LogP contribution in [0.1, 0.15) is 29.6 Å². The van der Waals surface area contributed by atoms with Crippen molar-refractivity contribution in [3.8, 4) is 0 Å². The quantitative estimate of drug-likeness (QED) is 0.730. The molecule has 2 aliphatic rings. The molecule has 0 spiro atoms. The number of hydrogen-bond donors (Lipinski definition) is 3. The minimum atomic E-state index is -0.102. The number of carbonyl (C=O) groups excluding carboxylic acids is 1. The minimum absolute atomic E-state index is 0.102. The second kappa shape index (κ2) is 5.32. The van der Waals surface area contributed by atoms with Crippen molar-refractivity contribution in [2.75, 3.05) is 24.7 Å². The van der Waals surface area contributed by atoms with Crippen molar-refractivity contribution < 1.29 is 9.53 Å². The van der Waals surface area contributed by atoms with Gasteiger partial charge in [0.2, 0.25) is 0 Å². The van der Waals surface area contributed by atoms with Crippen LogP contribution in [0.25, 0.3) is 0 Å². The van der Waals surface area contributed by atoms with E-state index in [4.69, 9.17) is 10.5 Å². The average Bonchev–Trinajstić information content (AvgIpc) is 3.20. The first-order chi connectivity index (χ1) is 9.69. The molecule has 5 nitrogen and oxygen atoms in total. The summed E-state index contributed by atoms with van der Waals surface area (Å²) in [6.07, 6.45) is 3.80.